The minimum atomic E-state index is -3.52. The van der Waals surface area contributed by atoms with Gasteiger partial charge in [0, 0.05) is 16.3 Å². The first-order valence-electron chi connectivity index (χ1n) is 5.75. The van der Waals surface area contributed by atoms with Gasteiger partial charge in [-0.05, 0) is 43.0 Å². The molecule has 1 atom stereocenters. The number of rotatable bonds is 5. The van der Waals surface area contributed by atoms with E-state index in [4.69, 9.17) is 16.7 Å². The van der Waals surface area contributed by atoms with Gasteiger partial charge >= 0.3 is 0 Å². The Bertz CT molecular complexity index is 679. The molecule has 4 nitrogen and oxygen atoms in total. The van der Waals surface area contributed by atoms with Crippen LogP contribution in [0.4, 0.5) is 0 Å². The van der Waals surface area contributed by atoms with Crippen molar-refractivity contribution in [1.82, 2.24) is 4.72 Å². The maximum atomic E-state index is 12.1. The van der Waals surface area contributed by atoms with Gasteiger partial charge in [0.05, 0.1) is 6.10 Å². The standard InChI is InChI=1S/C12H14ClNO3S2/c1-8(15)4-5-14-19(16,17)12-7-9-6-10(13)2-3-11(9)18-12/h2-3,6-8,14-15H,4-5H2,1H3. The molecule has 0 aliphatic rings. The molecule has 0 amide bonds. The summed E-state index contributed by atoms with van der Waals surface area (Å²) in [6, 6.07) is 6.88. The Labute approximate surface area is 121 Å². The first-order valence-corrected chi connectivity index (χ1v) is 8.43. The number of hydrogen-bond acceptors (Lipinski definition) is 4. The molecule has 1 heterocycles. The molecule has 0 fully saturated rings. The molecule has 2 rings (SSSR count). The Morgan fingerprint density at radius 3 is 2.84 bits per heavy atom. The number of hydrogen-bond donors (Lipinski definition) is 2. The number of fused-ring (bicyclic) bond motifs is 1. The van der Waals surface area contributed by atoms with Crippen molar-refractivity contribution in [1.29, 1.82) is 0 Å². The number of nitrogens with one attached hydrogen (secondary N) is 1. The average molecular weight is 320 g/mol. The molecule has 0 radical (unpaired) electrons. The topological polar surface area (TPSA) is 66.4 Å². The number of sulfonamides is 1. The van der Waals surface area contributed by atoms with Crippen LogP contribution in [0.2, 0.25) is 5.02 Å². The van der Waals surface area contributed by atoms with E-state index in [9.17, 15) is 8.42 Å². The van der Waals surface area contributed by atoms with Gasteiger partial charge in [-0.3, -0.25) is 0 Å². The lowest BCUT2D eigenvalue weighted by atomic mass is 10.3. The molecule has 0 aliphatic carbocycles. The van der Waals surface area contributed by atoms with Gasteiger partial charge in [0.15, 0.2) is 0 Å². The summed E-state index contributed by atoms with van der Waals surface area (Å²) in [5, 5.41) is 10.5. The quantitative estimate of drug-likeness (QED) is 0.890. The van der Waals surface area contributed by atoms with E-state index in [1.54, 1.807) is 31.2 Å². The van der Waals surface area contributed by atoms with Crippen LogP contribution in [0.15, 0.2) is 28.5 Å². The van der Waals surface area contributed by atoms with Crippen LogP contribution in [0.1, 0.15) is 13.3 Å². The SMILES string of the molecule is CC(O)CCNS(=O)(=O)c1cc2cc(Cl)ccc2s1. The maximum Gasteiger partial charge on any atom is 0.250 e. The lowest BCUT2D eigenvalue weighted by Crippen LogP contribution is -2.26. The van der Waals surface area contributed by atoms with Crippen LogP contribution in [0.3, 0.4) is 0 Å². The molecule has 0 spiro atoms. The van der Waals surface area contributed by atoms with Crippen LogP contribution >= 0.6 is 22.9 Å². The largest absolute Gasteiger partial charge is 0.393 e. The summed E-state index contributed by atoms with van der Waals surface area (Å²) < 4.78 is 27.7. The summed E-state index contributed by atoms with van der Waals surface area (Å²) in [4.78, 5) is 0. The van der Waals surface area contributed by atoms with E-state index in [0.717, 1.165) is 10.1 Å². The summed E-state index contributed by atoms with van der Waals surface area (Å²) in [5.74, 6) is 0. The molecule has 7 heteroatoms. The second kappa shape index (κ2) is 5.76. The Hall–Kier alpha value is -0.660. The summed E-state index contributed by atoms with van der Waals surface area (Å²) in [7, 11) is -3.52. The number of aliphatic hydroxyl groups excluding tert-OH is 1. The smallest absolute Gasteiger partial charge is 0.250 e. The van der Waals surface area contributed by atoms with Crippen molar-refractivity contribution in [2.24, 2.45) is 0 Å². The number of halogens is 1. The first-order chi connectivity index (χ1) is 8.88. The van der Waals surface area contributed by atoms with Crippen molar-refractivity contribution in [3.05, 3.63) is 29.3 Å². The van der Waals surface area contributed by atoms with E-state index in [-0.39, 0.29) is 10.8 Å². The van der Waals surface area contributed by atoms with Gasteiger partial charge < -0.3 is 5.11 Å². The number of benzene rings is 1. The molecule has 1 aromatic carbocycles. The molecule has 1 aromatic heterocycles. The predicted octanol–water partition coefficient (Wildman–Crippen LogP) is 2.60. The van der Waals surface area contributed by atoms with E-state index in [1.807, 2.05) is 0 Å². The second-order valence-electron chi connectivity index (χ2n) is 4.28. The highest BCUT2D eigenvalue weighted by Gasteiger charge is 2.17. The van der Waals surface area contributed by atoms with Gasteiger partial charge in [-0.2, -0.15) is 0 Å². The zero-order valence-corrected chi connectivity index (χ0v) is 12.6. The zero-order valence-electron chi connectivity index (χ0n) is 10.3. The van der Waals surface area contributed by atoms with Crippen LogP contribution in [0.5, 0.6) is 0 Å². The predicted molar refractivity (Wildman–Crippen MR) is 78.3 cm³/mol. The lowest BCUT2D eigenvalue weighted by molar-refractivity contribution is 0.186. The molecule has 0 aliphatic heterocycles. The lowest BCUT2D eigenvalue weighted by Gasteiger charge is -2.05. The summed E-state index contributed by atoms with van der Waals surface area (Å²) in [5.41, 5.74) is 0. The van der Waals surface area contributed by atoms with Crippen molar-refractivity contribution < 1.29 is 13.5 Å². The molecule has 1 unspecified atom stereocenters. The summed E-state index contributed by atoms with van der Waals surface area (Å²) >= 11 is 7.07. The number of thiophene rings is 1. The third-order valence-corrected chi connectivity index (χ3v) is 5.86. The van der Waals surface area contributed by atoms with Crippen LogP contribution in [-0.4, -0.2) is 26.2 Å². The fraction of sp³-hybridized carbons (Fsp3) is 0.333. The highest BCUT2D eigenvalue weighted by molar-refractivity contribution is 7.91. The molecular weight excluding hydrogens is 306 g/mol. The molecule has 104 valence electrons. The Kier molecular flexibility index (Phi) is 4.47. The Morgan fingerprint density at radius 1 is 1.42 bits per heavy atom. The van der Waals surface area contributed by atoms with Crippen LogP contribution in [0.25, 0.3) is 10.1 Å². The first kappa shape index (κ1) is 14.7. The van der Waals surface area contributed by atoms with E-state index in [1.165, 1.54) is 11.3 Å². The van der Waals surface area contributed by atoms with Gasteiger partial charge in [-0.15, -0.1) is 11.3 Å². The zero-order chi connectivity index (χ0) is 14.0. The Balaban J connectivity index is 2.23. The molecule has 2 aromatic rings. The molecule has 19 heavy (non-hydrogen) atoms. The van der Waals surface area contributed by atoms with Crippen molar-refractivity contribution in [2.45, 2.75) is 23.7 Å². The van der Waals surface area contributed by atoms with Gasteiger partial charge in [0.2, 0.25) is 10.0 Å². The second-order valence-corrected chi connectivity index (χ2v) is 7.80. The Morgan fingerprint density at radius 2 is 2.16 bits per heavy atom. The van der Waals surface area contributed by atoms with E-state index in [0.29, 0.717) is 11.4 Å². The van der Waals surface area contributed by atoms with E-state index < -0.39 is 16.1 Å². The average Bonchev–Trinajstić information content (AvgIpc) is 2.71. The normalized spacial score (nSPS) is 13.8. The van der Waals surface area contributed by atoms with Crippen molar-refractivity contribution >= 4 is 43.0 Å². The van der Waals surface area contributed by atoms with Crippen LogP contribution < -0.4 is 4.72 Å². The molecule has 2 N–H and O–H groups in total. The van der Waals surface area contributed by atoms with Crippen LogP contribution in [-0.2, 0) is 10.0 Å². The molecular formula is C12H14ClNO3S2. The fourth-order valence-electron chi connectivity index (χ4n) is 1.60. The third kappa shape index (κ3) is 3.67. The van der Waals surface area contributed by atoms with Gasteiger partial charge in [0.1, 0.15) is 4.21 Å². The van der Waals surface area contributed by atoms with Crippen LogP contribution in [0, 0.1) is 0 Å². The molecule has 0 saturated carbocycles. The maximum absolute atomic E-state index is 12.1. The highest BCUT2D eigenvalue weighted by atomic mass is 35.5. The summed E-state index contributed by atoms with van der Waals surface area (Å²) in [6.07, 6.45) is -0.139. The van der Waals surface area contributed by atoms with E-state index in [2.05, 4.69) is 4.72 Å². The van der Waals surface area contributed by atoms with Gasteiger partial charge in [0.25, 0.3) is 0 Å². The van der Waals surface area contributed by atoms with Crippen molar-refractivity contribution in [3.63, 3.8) is 0 Å². The van der Waals surface area contributed by atoms with Crippen molar-refractivity contribution in [3.8, 4) is 0 Å². The van der Waals surface area contributed by atoms with E-state index >= 15 is 0 Å². The fourth-order valence-corrected chi connectivity index (χ4v) is 4.25. The molecule has 0 bridgehead atoms. The number of aliphatic hydroxyl groups is 1. The monoisotopic (exact) mass is 319 g/mol. The highest BCUT2D eigenvalue weighted by Crippen LogP contribution is 2.30. The molecule has 0 saturated heterocycles. The van der Waals surface area contributed by atoms with Gasteiger partial charge in [-0.25, -0.2) is 13.1 Å². The summed E-state index contributed by atoms with van der Waals surface area (Å²) in [6.45, 7) is 1.84. The minimum absolute atomic E-state index is 0.217. The third-order valence-electron chi connectivity index (χ3n) is 2.57. The van der Waals surface area contributed by atoms with Crippen molar-refractivity contribution in [2.75, 3.05) is 6.54 Å². The minimum Gasteiger partial charge on any atom is -0.393 e. The van der Waals surface area contributed by atoms with Gasteiger partial charge in [-0.1, -0.05) is 11.6 Å².